The summed E-state index contributed by atoms with van der Waals surface area (Å²) in [6.07, 6.45) is 3.54. The van der Waals surface area contributed by atoms with E-state index in [2.05, 4.69) is 167 Å². The predicted octanol–water partition coefficient (Wildman–Crippen LogP) is 13.2. The van der Waals surface area contributed by atoms with E-state index in [0.29, 0.717) is 17.5 Å². The van der Waals surface area contributed by atoms with Gasteiger partial charge in [-0.3, -0.25) is 4.98 Å². The molecule has 0 N–H and O–H groups in total. The molecule has 6 nitrogen and oxygen atoms in total. The summed E-state index contributed by atoms with van der Waals surface area (Å²) in [5.74, 6) is 1.78. The molecule has 0 saturated heterocycles. The van der Waals surface area contributed by atoms with Crippen LogP contribution in [0.2, 0.25) is 0 Å². The number of furan rings is 1. The zero-order chi connectivity index (χ0) is 38.2. The van der Waals surface area contributed by atoms with Gasteiger partial charge in [0.15, 0.2) is 23.1 Å². The molecule has 0 bridgehead atoms. The second-order valence-electron chi connectivity index (χ2n) is 14.7. The Labute approximate surface area is 332 Å². The Morgan fingerprint density at radius 3 is 1.90 bits per heavy atom. The summed E-state index contributed by atoms with van der Waals surface area (Å²) >= 11 is 0. The highest BCUT2D eigenvalue weighted by Gasteiger charge is 2.19. The van der Waals surface area contributed by atoms with Crippen molar-refractivity contribution in [1.82, 2.24) is 24.5 Å². The van der Waals surface area contributed by atoms with Crippen LogP contribution in [0, 0.1) is 0 Å². The van der Waals surface area contributed by atoms with Gasteiger partial charge in [0.25, 0.3) is 0 Å². The van der Waals surface area contributed by atoms with Crippen LogP contribution in [0.4, 0.5) is 0 Å². The van der Waals surface area contributed by atoms with Crippen molar-refractivity contribution in [2.75, 3.05) is 0 Å². The zero-order valence-electron chi connectivity index (χ0n) is 31.0. The van der Waals surface area contributed by atoms with E-state index >= 15 is 0 Å². The second kappa shape index (κ2) is 12.8. The molecular weight excluding hydrogens is 711 g/mol. The fourth-order valence-electron chi connectivity index (χ4n) is 8.58. The van der Waals surface area contributed by atoms with Gasteiger partial charge in [0.05, 0.1) is 17.2 Å². The van der Waals surface area contributed by atoms with Crippen LogP contribution in [0.1, 0.15) is 0 Å². The first kappa shape index (κ1) is 32.3. The van der Waals surface area contributed by atoms with Crippen molar-refractivity contribution in [3.63, 3.8) is 0 Å². The minimum Gasteiger partial charge on any atom is -0.454 e. The Kier molecular flexibility index (Phi) is 7.13. The molecule has 0 aliphatic carbocycles. The third-order valence-corrected chi connectivity index (χ3v) is 11.3. The van der Waals surface area contributed by atoms with Gasteiger partial charge in [-0.25, -0.2) is 15.0 Å². The standard InChI is InChI=1S/C52H31N5O/c1-2-10-37-30-38(21-18-32(37)8-1)51-54-50(55-52(56-51)43-13-7-15-46-49(43)42-28-29-53-31-47(42)58-46)36-19-16-33(17-20-36)34-22-25-39(26-23-34)57-44-14-6-5-12-41(44)48-40-11-4-3-9-35(40)24-27-45(48)57/h1-31H. The van der Waals surface area contributed by atoms with Crippen LogP contribution in [-0.2, 0) is 0 Å². The lowest BCUT2D eigenvalue weighted by Crippen LogP contribution is -2.00. The molecule has 6 heteroatoms. The van der Waals surface area contributed by atoms with Gasteiger partial charge in [-0.05, 0) is 75.1 Å². The lowest BCUT2D eigenvalue weighted by atomic mass is 10.0. The van der Waals surface area contributed by atoms with E-state index in [9.17, 15) is 0 Å². The molecule has 4 aromatic heterocycles. The largest absolute Gasteiger partial charge is 0.454 e. The molecule has 0 atom stereocenters. The average Bonchev–Trinajstić information content (AvgIpc) is 3.85. The quantitative estimate of drug-likeness (QED) is 0.176. The van der Waals surface area contributed by atoms with Gasteiger partial charge in [0, 0.05) is 50.1 Å². The topological polar surface area (TPSA) is 69.6 Å². The van der Waals surface area contributed by atoms with E-state index in [1.165, 1.54) is 32.6 Å². The smallest absolute Gasteiger partial charge is 0.164 e. The maximum Gasteiger partial charge on any atom is 0.164 e. The third kappa shape index (κ3) is 5.12. The number of para-hydroxylation sites is 1. The molecular formula is C52H31N5O. The van der Waals surface area contributed by atoms with Crippen LogP contribution in [0.25, 0.3) is 116 Å². The molecule has 8 aromatic carbocycles. The fraction of sp³-hybridized carbons (Fsp3) is 0. The summed E-state index contributed by atoms with van der Waals surface area (Å²) in [4.78, 5) is 19.6. The number of nitrogens with zero attached hydrogens (tertiary/aromatic N) is 5. The van der Waals surface area contributed by atoms with Gasteiger partial charge < -0.3 is 8.98 Å². The first-order valence-corrected chi connectivity index (χ1v) is 19.4. The molecule has 0 fully saturated rings. The van der Waals surface area contributed by atoms with E-state index in [4.69, 9.17) is 19.4 Å². The first-order chi connectivity index (χ1) is 28.7. The van der Waals surface area contributed by atoms with Crippen LogP contribution in [0.3, 0.4) is 0 Å². The Morgan fingerprint density at radius 1 is 0.397 bits per heavy atom. The molecule has 0 amide bonds. The predicted molar refractivity (Wildman–Crippen MR) is 236 cm³/mol. The summed E-state index contributed by atoms with van der Waals surface area (Å²) in [5.41, 5.74) is 9.93. The van der Waals surface area contributed by atoms with Crippen molar-refractivity contribution < 1.29 is 4.42 Å². The number of hydrogen-bond acceptors (Lipinski definition) is 5. The maximum atomic E-state index is 6.19. The molecule has 0 spiro atoms. The highest BCUT2D eigenvalue weighted by molar-refractivity contribution is 6.21. The molecule has 270 valence electrons. The molecule has 12 rings (SSSR count). The highest BCUT2D eigenvalue weighted by atomic mass is 16.3. The van der Waals surface area contributed by atoms with Gasteiger partial charge in [0.1, 0.15) is 5.58 Å². The monoisotopic (exact) mass is 741 g/mol. The summed E-state index contributed by atoms with van der Waals surface area (Å²) in [6.45, 7) is 0. The van der Waals surface area contributed by atoms with E-state index < -0.39 is 0 Å². The van der Waals surface area contributed by atoms with Gasteiger partial charge in [0.2, 0.25) is 0 Å². The minimum atomic E-state index is 0.580. The van der Waals surface area contributed by atoms with Gasteiger partial charge >= 0.3 is 0 Å². The number of hydrogen-bond donors (Lipinski definition) is 0. The molecule has 58 heavy (non-hydrogen) atoms. The summed E-state index contributed by atoms with van der Waals surface area (Å²) in [5, 5.41) is 9.27. The molecule has 12 aromatic rings. The number of pyridine rings is 1. The molecule has 0 aliphatic heterocycles. The summed E-state index contributed by atoms with van der Waals surface area (Å²) < 4.78 is 8.57. The zero-order valence-corrected chi connectivity index (χ0v) is 31.0. The number of aromatic nitrogens is 5. The Morgan fingerprint density at radius 2 is 1.05 bits per heavy atom. The summed E-state index contributed by atoms with van der Waals surface area (Å²) in [6, 6.07) is 61.8. The summed E-state index contributed by atoms with van der Waals surface area (Å²) in [7, 11) is 0. The van der Waals surface area contributed by atoms with Gasteiger partial charge in [-0.15, -0.1) is 0 Å². The minimum absolute atomic E-state index is 0.580. The van der Waals surface area contributed by atoms with Gasteiger partial charge in [-0.1, -0.05) is 133 Å². The van der Waals surface area contributed by atoms with Crippen molar-refractivity contribution in [2.24, 2.45) is 0 Å². The normalized spacial score (nSPS) is 11.8. The van der Waals surface area contributed by atoms with Crippen molar-refractivity contribution >= 4 is 65.3 Å². The first-order valence-electron chi connectivity index (χ1n) is 19.4. The van der Waals surface area contributed by atoms with Crippen LogP contribution < -0.4 is 0 Å². The molecule has 4 heterocycles. The molecule has 0 saturated carbocycles. The molecule has 0 radical (unpaired) electrons. The van der Waals surface area contributed by atoms with Crippen LogP contribution in [0.5, 0.6) is 0 Å². The van der Waals surface area contributed by atoms with Crippen LogP contribution in [-0.4, -0.2) is 24.5 Å². The maximum absolute atomic E-state index is 6.19. The highest BCUT2D eigenvalue weighted by Crippen LogP contribution is 2.39. The van der Waals surface area contributed by atoms with E-state index in [1.807, 2.05) is 18.2 Å². The molecule has 0 aliphatic rings. The number of fused-ring (bicyclic) bond motifs is 9. The lowest BCUT2D eigenvalue weighted by Gasteiger charge is -2.11. The van der Waals surface area contributed by atoms with Crippen molar-refractivity contribution in [1.29, 1.82) is 0 Å². The Bertz CT molecular complexity index is 3570. The Balaban J connectivity index is 0.948. The van der Waals surface area contributed by atoms with E-state index in [1.54, 1.807) is 12.4 Å². The van der Waals surface area contributed by atoms with Crippen LogP contribution in [0.15, 0.2) is 193 Å². The van der Waals surface area contributed by atoms with E-state index in [0.717, 1.165) is 66.2 Å². The SMILES string of the molecule is c1ccc2cc(-c3nc(-c4ccc(-c5ccc(-n6c7ccccc7c7c8ccccc8ccc76)cc5)cc4)nc(-c4cccc5oc6cnccc6c45)n3)ccc2c1. The second-order valence-corrected chi connectivity index (χ2v) is 14.7. The van der Waals surface area contributed by atoms with Crippen molar-refractivity contribution in [3.05, 3.63) is 188 Å². The number of benzene rings is 8. The van der Waals surface area contributed by atoms with Crippen LogP contribution >= 0.6 is 0 Å². The Hall–Kier alpha value is -7.96. The van der Waals surface area contributed by atoms with E-state index in [-0.39, 0.29) is 0 Å². The average molecular weight is 742 g/mol. The molecule has 0 unspecified atom stereocenters. The van der Waals surface area contributed by atoms with Crippen molar-refractivity contribution in [3.8, 4) is 51.0 Å². The van der Waals surface area contributed by atoms with Crippen molar-refractivity contribution in [2.45, 2.75) is 0 Å². The van der Waals surface area contributed by atoms with Gasteiger partial charge in [-0.2, -0.15) is 0 Å². The lowest BCUT2D eigenvalue weighted by molar-refractivity contribution is 0.667. The third-order valence-electron chi connectivity index (χ3n) is 11.3. The number of rotatable bonds is 5. The fourth-order valence-corrected chi connectivity index (χ4v) is 8.58.